The van der Waals surface area contributed by atoms with Gasteiger partial charge in [-0.3, -0.25) is 9.59 Å². The number of likely N-dealkylation sites (tertiary alicyclic amines) is 1. The number of β-amino-alcohol motifs (C(OH)–C–C–N with tert-alkyl or cyclic N) is 1. The van der Waals surface area contributed by atoms with Crippen molar-refractivity contribution in [2.45, 2.75) is 36.8 Å². The Morgan fingerprint density at radius 1 is 1.15 bits per heavy atom. The number of nitrogens with zero attached hydrogens (tertiary/aromatic N) is 1. The third kappa shape index (κ3) is 4.75. The van der Waals surface area contributed by atoms with Gasteiger partial charge in [0.05, 0.1) is 6.54 Å². The van der Waals surface area contributed by atoms with Crippen LogP contribution in [0, 0.1) is 12.3 Å². The third-order valence-corrected chi connectivity index (χ3v) is 6.41. The number of aliphatic carboxylic acids is 1. The Bertz CT molecular complexity index is 1110. The van der Waals surface area contributed by atoms with Crippen LogP contribution in [0.2, 0.25) is 0 Å². The zero-order chi connectivity index (χ0) is 24.3. The fourth-order valence-electron chi connectivity index (χ4n) is 4.63. The number of carboxylic acid groups (broad SMARTS) is 1. The summed E-state index contributed by atoms with van der Waals surface area (Å²) in [7, 11) is 0. The highest BCUT2D eigenvalue weighted by atomic mass is 16.5. The minimum Gasteiger partial charge on any atom is -0.481 e. The van der Waals surface area contributed by atoms with Crippen molar-refractivity contribution in [3.05, 3.63) is 59.7 Å². The molecule has 0 spiro atoms. The van der Waals surface area contributed by atoms with E-state index in [2.05, 4.69) is 11.2 Å². The van der Waals surface area contributed by atoms with Gasteiger partial charge in [0.25, 0.3) is 0 Å². The third-order valence-electron chi connectivity index (χ3n) is 6.41. The Balaban J connectivity index is 1.43. The van der Waals surface area contributed by atoms with Crippen LogP contribution in [0.3, 0.4) is 0 Å². The molecule has 1 aliphatic heterocycles. The number of fused-ring (bicyclic) bond motifs is 3. The molecule has 3 N–H and O–H groups in total. The van der Waals surface area contributed by atoms with Crippen LogP contribution in [0.4, 0.5) is 4.79 Å². The molecule has 0 aromatic heterocycles. The lowest BCUT2D eigenvalue weighted by atomic mass is 9.98. The number of terminal acetylenes is 1. The quantitative estimate of drug-likeness (QED) is 0.544. The molecule has 8 heteroatoms. The van der Waals surface area contributed by atoms with Crippen molar-refractivity contribution >= 4 is 18.0 Å². The van der Waals surface area contributed by atoms with E-state index in [1.807, 2.05) is 48.5 Å². The summed E-state index contributed by atoms with van der Waals surface area (Å²) in [6, 6.07) is 14.8. The number of amides is 2. The molecule has 1 saturated heterocycles. The molecule has 0 saturated carbocycles. The lowest BCUT2D eigenvalue weighted by Gasteiger charge is -2.25. The van der Waals surface area contributed by atoms with E-state index < -0.39 is 29.6 Å². The normalized spacial score (nSPS) is 19.6. The number of carbonyl (C=O) groups excluding carboxylic acids is 2. The molecule has 4 rings (SSSR count). The van der Waals surface area contributed by atoms with E-state index in [1.54, 1.807) is 0 Å². The van der Waals surface area contributed by atoms with Crippen LogP contribution in [0.5, 0.6) is 0 Å². The second-order valence-electron chi connectivity index (χ2n) is 8.64. The minimum absolute atomic E-state index is 0.0697. The zero-order valence-corrected chi connectivity index (χ0v) is 18.6. The molecule has 34 heavy (non-hydrogen) atoms. The molecule has 1 aliphatic carbocycles. The summed E-state index contributed by atoms with van der Waals surface area (Å²) >= 11 is 0. The summed E-state index contributed by atoms with van der Waals surface area (Å²) in [5.74, 6) is 0.547. The van der Waals surface area contributed by atoms with Gasteiger partial charge >= 0.3 is 12.1 Å². The number of hydrogen-bond donors (Lipinski definition) is 3. The highest BCUT2D eigenvalue weighted by molar-refractivity contribution is 5.86. The molecule has 0 radical (unpaired) electrons. The van der Waals surface area contributed by atoms with Crippen molar-refractivity contribution in [1.82, 2.24) is 10.2 Å². The minimum atomic E-state index is -1.42. The van der Waals surface area contributed by atoms with E-state index in [4.69, 9.17) is 16.3 Å². The Morgan fingerprint density at radius 3 is 2.32 bits per heavy atom. The predicted octanol–water partition coefficient (Wildman–Crippen LogP) is 2.36. The van der Waals surface area contributed by atoms with Crippen LogP contribution in [-0.4, -0.2) is 64.4 Å². The van der Waals surface area contributed by atoms with Crippen molar-refractivity contribution < 1.29 is 29.3 Å². The Labute approximate surface area is 197 Å². The predicted molar refractivity (Wildman–Crippen MR) is 124 cm³/mol. The van der Waals surface area contributed by atoms with Crippen LogP contribution < -0.4 is 5.32 Å². The molecule has 2 aromatic carbocycles. The number of alkyl carbamates (subject to hydrolysis) is 1. The van der Waals surface area contributed by atoms with Gasteiger partial charge in [-0.2, -0.15) is 0 Å². The number of benzene rings is 2. The number of rotatable bonds is 7. The van der Waals surface area contributed by atoms with Crippen LogP contribution in [0.1, 0.15) is 36.3 Å². The van der Waals surface area contributed by atoms with Gasteiger partial charge in [0, 0.05) is 25.3 Å². The zero-order valence-electron chi connectivity index (χ0n) is 18.6. The molecule has 2 amide bonds. The SMILES string of the molecule is C#CC1(O)CCN(C(=O)C(CCC(=O)O)NC(=O)OCC2c3ccccc3-c3ccccc32)C1. The number of nitrogens with one attached hydrogen (secondary N) is 1. The van der Waals surface area contributed by atoms with Gasteiger partial charge in [-0.1, -0.05) is 54.5 Å². The summed E-state index contributed by atoms with van der Waals surface area (Å²) in [6.45, 7) is 0.216. The van der Waals surface area contributed by atoms with Crippen molar-refractivity contribution in [2.24, 2.45) is 0 Å². The first-order valence-electron chi connectivity index (χ1n) is 11.1. The largest absolute Gasteiger partial charge is 0.481 e. The average molecular weight is 463 g/mol. The van der Waals surface area contributed by atoms with Gasteiger partial charge in [0.1, 0.15) is 18.2 Å². The van der Waals surface area contributed by atoms with Crippen molar-refractivity contribution in [3.63, 3.8) is 0 Å². The van der Waals surface area contributed by atoms with Gasteiger partial charge in [0.2, 0.25) is 5.91 Å². The summed E-state index contributed by atoms with van der Waals surface area (Å²) in [6.07, 6.45) is 4.33. The van der Waals surface area contributed by atoms with E-state index >= 15 is 0 Å². The molecule has 1 fully saturated rings. The Morgan fingerprint density at radius 2 is 1.76 bits per heavy atom. The molecule has 1 heterocycles. The summed E-state index contributed by atoms with van der Waals surface area (Å²) < 4.78 is 5.50. The molecule has 2 aromatic rings. The Hall–Kier alpha value is -3.83. The fraction of sp³-hybridized carbons (Fsp3) is 0.346. The lowest BCUT2D eigenvalue weighted by molar-refractivity contribution is -0.138. The molecular weight excluding hydrogens is 436 g/mol. The van der Waals surface area contributed by atoms with E-state index in [0.29, 0.717) is 0 Å². The summed E-state index contributed by atoms with van der Waals surface area (Å²) in [4.78, 5) is 38.0. The van der Waals surface area contributed by atoms with Gasteiger partial charge < -0.3 is 25.2 Å². The second kappa shape index (κ2) is 9.57. The second-order valence-corrected chi connectivity index (χ2v) is 8.64. The van der Waals surface area contributed by atoms with E-state index in [-0.39, 0.29) is 44.9 Å². The molecule has 2 unspecified atom stereocenters. The van der Waals surface area contributed by atoms with Gasteiger partial charge in [-0.05, 0) is 28.7 Å². The highest BCUT2D eigenvalue weighted by Crippen LogP contribution is 2.44. The number of aliphatic hydroxyl groups is 1. The first kappa shape index (κ1) is 23.3. The van der Waals surface area contributed by atoms with Gasteiger partial charge in [-0.25, -0.2) is 4.79 Å². The van der Waals surface area contributed by atoms with Crippen LogP contribution in [0.15, 0.2) is 48.5 Å². The van der Waals surface area contributed by atoms with Crippen LogP contribution in [-0.2, 0) is 14.3 Å². The first-order chi connectivity index (χ1) is 16.3. The lowest BCUT2D eigenvalue weighted by Crippen LogP contribution is -2.49. The summed E-state index contributed by atoms with van der Waals surface area (Å²) in [5.41, 5.74) is 2.88. The average Bonchev–Trinajstić information content (AvgIpc) is 3.39. The monoisotopic (exact) mass is 462 g/mol. The van der Waals surface area contributed by atoms with E-state index in [1.165, 1.54) is 4.90 Å². The maximum atomic E-state index is 13.0. The van der Waals surface area contributed by atoms with Crippen LogP contribution in [0.25, 0.3) is 11.1 Å². The molecular formula is C26H26N2O6. The first-order valence-corrected chi connectivity index (χ1v) is 11.1. The maximum absolute atomic E-state index is 13.0. The van der Waals surface area contributed by atoms with Crippen molar-refractivity contribution in [2.75, 3.05) is 19.7 Å². The van der Waals surface area contributed by atoms with Gasteiger partial charge in [-0.15, -0.1) is 6.42 Å². The van der Waals surface area contributed by atoms with Crippen LogP contribution >= 0.6 is 0 Å². The molecule has 2 aliphatic rings. The molecule has 8 nitrogen and oxygen atoms in total. The number of carbonyl (C=O) groups is 3. The fourth-order valence-corrected chi connectivity index (χ4v) is 4.63. The number of carboxylic acids is 1. The molecule has 2 atom stereocenters. The van der Waals surface area contributed by atoms with Gasteiger partial charge in [0.15, 0.2) is 0 Å². The standard InChI is InChI=1S/C26H26N2O6/c1-2-26(33)13-14-28(16-26)24(31)22(11-12-23(29)30)27-25(32)34-15-21-19-9-5-3-7-17(19)18-8-4-6-10-20(18)21/h1,3-10,21-22,33H,11-16H2,(H,27,32)(H,29,30). The van der Waals surface area contributed by atoms with E-state index in [9.17, 15) is 19.5 Å². The van der Waals surface area contributed by atoms with Crippen molar-refractivity contribution in [3.8, 4) is 23.5 Å². The van der Waals surface area contributed by atoms with Crippen molar-refractivity contribution in [1.29, 1.82) is 0 Å². The smallest absolute Gasteiger partial charge is 0.407 e. The maximum Gasteiger partial charge on any atom is 0.407 e. The Kier molecular flexibility index (Phi) is 6.57. The van der Waals surface area contributed by atoms with E-state index in [0.717, 1.165) is 22.3 Å². The summed E-state index contributed by atoms with van der Waals surface area (Å²) in [5, 5.41) is 21.8. The number of ether oxygens (including phenoxy) is 1. The highest BCUT2D eigenvalue weighted by Gasteiger charge is 2.39. The topological polar surface area (TPSA) is 116 Å². The molecule has 176 valence electrons. The number of hydrogen-bond acceptors (Lipinski definition) is 5. The molecule has 0 bridgehead atoms.